The lowest BCUT2D eigenvalue weighted by atomic mass is 10.0. The average Bonchev–Trinajstić information content (AvgIpc) is 2.42. The van der Waals surface area contributed by atoms with Gasteiger partial charge < -0.3 is 4.74 Å². The van der Waals surface area contributed by atoms with E-state index in [1.165, 1.54) is 58.5 Å². The van der Waals surface area contributed by atoms with Crippen molar-refractivity contribution in [2.45, 2.75) is 89.7 Å². The third-order valence-electron chi connectivity index (χ3n) is 3.63. The van der Waals surface area contributed by atoms with Crippen molar-refractivity contribution >= 4 is 17.7 Å². The number of carbonyl (C=O) groups is 1. The standard InChI is InChI=1S/C17H34O2S/c1-5-6-7-8-9-10-11-14-17(2,3)20-15-12-13-16(18)19-4/h5-15H2,1-4H3. The highest BCUT2D eigenvalue weighted by atomic mass is 32.2. The fourth-order valence-corrected chi connectivity index (χ4v) is 3.38. The molecule has 3 heteroatoms. The molecule has 0 aromatic rings. The molecule has 0 unspecified atom stereocenters. The van der Waals surface area contributed by atoms with Crippen molar-refractivity contribution in [3.63, 3.8) is 0 Å². The topological polar surface area (TPSA) is 26.3 Å². The predicted octanol–water partition coefficient (Wildman–Crippen LogP) is 5.59. The van der Waals surface area contributed by atoms with Crippen molar-refractivity contribution in [1.82, 2.24) is 0 Å². The number of esters is 1. The Hall–Kier alpha value is -0.180. The molecule has 0 aromatic heterocycles. The van der Waals surface area contributed by atoms with Crippen molar-refractivity contribution in [1.29, 1.82) is 0 Å². The molecule has 0 bridgehead atoms. The van der Waals surface area contributed by atoms with Crippen LogP contribution < -0.4 is 0 Å². The Morgan fingerprint density at radius 3 is 2.20 bits per heavy atom. The van der Waals surface area contributed by atoms with Gasteiger partial charge in [0, 0.05) is 11.2 Å². The molecule has 2 nitrogen and oxygen atoms in total. The Morgan fingerprint density at radius 2 is 1.60 bits per heavy atom. The summed E-state index contributed by atoms with van der Waals surface area (Å²) in [4.78, 5) is 11.0. The SMILES string of the molecule is CCCCCCCCCC(C)(C)SCCCC(=O)OC. The first-order chi connectivity index (χ1) is 9.52. The lowest BCUT2D eigenvalue weighted by molar-refractivity contribution is -0.140. The summed E-state index contributed by atoms with van der Waals surface area (Å²) in [5.41, 5.74) is 0. The minimum Gasteiger partial charge on any atom is -0.469 e. The van der Waals surface area contributed by atoms with Gasteiger partial charge in [-0.05, 0) is 18.6 Å². The molecule has 0 radical (unpaired) electrons. The Kier molecular flexibility index (Phi) is 12.4. The van der Waals surface area contributed by atoms with Gasteiger partial charge in [-0.15, -0.1) is 0 Å². The molecule has 0 aliphatic heterocycles. The summed E-state index contributed by atoms with van der Waals surface area (Å²) < 4.78 is 5.00. The van der Waals surface area contributed by atoms with Gasteiger partial charge in [-0.1, -0.05) is 65.7 Å². The van der Waals surface area contributed by atoms with Crippen LogP contribution in [-0.4, -0.2) is 23.6 Å². The van der Waals surface area contributed by atoms with Crippen LogP contribution in [0.15, 0.2) is 0 Å². The lowest BCUT2D eigenvalue weighted by Crippen LogP contribution is -2.15. The number of rotatable bonds is 13. The predicted molar refractivity (Wildman–Crippen MR) is 90.4 cm³/mol. The first-order valence-corrected chi connectivity index (χ1v) is 9.21. The summed E-state index contributed by atoms with van der Waals surface area (Å²) >= 11 is 2.00. The molecule has 0 amide bonds. The van der Waals surface area contributed by atoms with Crippen molar-refractivity contribution in [2.24, 2.45) is 0 Å². The van der Waals surface area contributed by atoms with Gasteiger partial charge in [-0.25, -0.2) is 0 Å². The third kappa shape index (κ3) is 12.8. The van der Waals surface area contributed by atoms with E-state index in [-0.39, 0.29) is 5.97 Å². The molecular weight excluding hydrogens is 268 g/mol. The minimum absolute atomic E-state index is 0.0875. The zero-order chi connectivity index (χ0) is 15.3. The van der Waals surface area contributed by atoms with E-state index in [2.05, 4.69) is 25.5 Å². The molecule has 0 atom stereocenters. The summed E-state index contributed by atoms with van der Waals surface area (Å²) in [6, 6.07) is 0. The number of methoxy groups -OCH3 is 1. The van der Waals surface area contributed by atoms with Gasteiger partial charge >= 0.3 is 5.97 Å². The summed E-state index contributed by atoms with van der Waals surface area (Å²) in [6.07, 6.45) is 12.4. The Morgan fingerprint density at radius 1 is 1.00 bits per heavy atom. The molecule has 0 fully saturated rings. The lowest BCUT2D eigenvalue weighted by Gasteiger charge is -2.24. The van der Waals surface area contributed by atoms with Crippen LogP contribution in [0, 0.1) is 0 Å². The van der Waals surface area contributed by atoms with E-state index in [1.807, 2.05) is 11.8 Å². The maximum Gasteiger partial charge on any atom is 0.305 e. The molecule has 0 aliphatic carbocycles. The molecule has 0 spiro atoms. The number of carbonyl (C=O) groups excluding carboxylic acids is 1. The number of ether oxygens (including phenoxy) is 1. The van der Waals surface area contributed by atoms with Gasteiger partial charge in [0.05, 0.1) is 7.11 Å². The van der Waals surface area contributed by atoms with Crippen LogP contribution >= 0.6 is 11.8 Å². The second kappa shape index (κ2) is 12.6. The zero-order valence-corrected chi connectivity index (χ0v) is 14.8. The highest BCUT2D eigenvalue weighted by Crippen LogP contribution is 2.31. The van der Waals surface area contributed by atoms with E-state index in [1.54, 1.807) is 0 Å². The number of hydrogen-bond donors (Lipinski definition) is 0. The summed E-state index contributed by atoms with van der Waals surface area (Å²) in [6.45, 7) is 6.92. The molecule has 20 heavy (non-hydrogen) atoms. The Labute approximate surface area is 130 Å². The second-order valence-electron chi connectivity index (χ2n) is 6.16. The number of thioether (sulfide) groups is 1. The van der Waals surface area contributed by atoms with Crippen molar-refractivity contribution in [3.05, 3.63) is 0 Å². The van der Waals surface area contributed by atoms with Crippen molar-refractivity contribution < 1.29 is 9.53 Å². The molecular formula is C17H34O2S. The van der Waals surface area contributed by atoms with Crippen LogP contribution in [0.25, 0.3) is 0 Å². The van der Waals surface area contributed by atoms with Crippen LogP contribution in [0.1, 0.15) is 85.0 Å². The van der Waals surface area contributed by atoms with Crippen LogP contribution in [0.5, 0.6) is 0 Å². The number of hydrogen-bond acceptors (Lipinski definition) is 3. The van der Waals surface area contributed by atoms with Crippen LogP contribution in [0.3, 0.4) is 0 Å². The molecule has 0 N–H and O–H groups in total. The van der Waals surface area contributed by atoms with Crippen molar-refractivity contribution in [2.75, 3.05) is 12.9 Å². The monoisotopic (exact) mass is 302 g/mol. The fraction of sp³-hybridized carbons (Fsp3) is 0.941. The molecule has 0 saturated heterocycles. The Balaban J connectivity index is 3.46. The van der Waals surface area contributed by atoms with E-state index in [0.29, 0.717) is 11.2 Å². The third-order valence-corrected chi connectivity index (χ3v) is 5.11. The summed E-state index contributed by atoms with van der Waals surface area (Å²) in [5, 5.41) is 0. The van der Waals surface area contributed by atoms with Crippen LogP contribution in [0.2, 0.25) is 0 Å². The fourth-order valence-electron chi connectivity index (χ4n) is 2.25. The van der Waals surface area contributed by atoms with Gasteiger partial charge in [0.25, 0.3) is 0 Å². The van der Waals surface area contributed by atoms with Gasteiger partial charge in [-0.2, -0.15) is 11.8 Å². The maximum absolute atomic E-state index is 11.0. The molecule has 0 aliphatic rings. The molecule has 120 valence electrons. The first kappa shape index (κ1) is 19.8. The van der Waals surface area contributed by atoms with Gasteiger partial charge in [0.1, 0.15) is 0 Å². The van der Waals surface area contributed by atoms with Gasteiger partial charge in [-0.3, -0.25) is 4.79 Å². The van der Waals surface area contributed by atoms with Crippen LogP contribution in [0.4, 0.5) is 0 Å². The molecule has 0 aromatic carbocycles. The largest absolute Gasteiger partial charge is 0.469 e. The molecule has 0 rings (SSSR count). The van der Waals surface area contributed by atoms with E-state index in [0.717, 1.165) is 12.2 Å². The quantitative estimate of drug-likeness (QED) is 0.327. The normalized spacial score (nSPS) is 11.6. The second-order valence-corrected chi connectivity index (χ2v) is 7.96. The maximum atomic E-state index is 11.0. The van der Waals surface area contributed by atoms with Crippen LogP contribution in [-0.2, 0) is 9.53 Å². The van der Waals surface area contributed by atoms with E-state index < -0.39 is 0 Å². The van der Waals surface area contributed by atoms with E-state index >= 15 is 0 Å². The average molecular weight is 303 g/mol. The molecule has 0 saturated carbocycles. The van der Waals surface area contributed by atoms with Crippen molar-refractivity contribution in [3.8, 4) is 0 Å². The zero-order valence-electron chi connectivity index (χ0n) is 14.0. The highest BCUT2D eigenvalue weighted by molar-refractivity contribution is 8.00. The smallest absolute Gasteiger partial charge is 0.305 e. The minimum atomic E-state index is -0.0875. The van der Waals surface area contributed by atoms with E-state index in [4.69, 9.17) is 0 Å². The highest BCUT2D eigenvalue weighted by Gasteiger charge is 2.17. The number of unbranched alkanes of at least 4 members (excludes halogenated alkanes) is 6. The molecule has 0 heterocycles. The van der Waals surface area contributed by atoms with E-state index in [9.17, 15) is 4.79 Å². The summed E-state index contributed by atoms with van der Waals surface area (Å²) in [7, 11) is 1.46. The van der Waals surface area contributed by atoms with Gasteiger partial charge in [0.2, 0.25) is 0 Å². The van der Waals surface area contributed by atoms with Gasteiger partial charge in [0.15, 0.2) is 0 Å². The Bertz CT molecular complexity index is 239. The summed E-state index contributed by atoms with van der Waals surface area (Å²) in [5.74, 6) is 0.967. The first-order valence-electron chi connectivity index (χ1n) is 8.22.